The Morgan fingerprint density at radius 3 is 2.33 bits per heavy atom. The van der Waals surface area contributed by atoms with Crippen LogP contribution < -0.4 is 9.54 Å². The van der Waals surface area contributed by atoms with Crippen molar-refractivity contribution in [2.24, 2.45) is 10.9 Å². The maximum atomic E-state index is 13.4. The smallest absolute Gasteiger partial charge is 0.243 e. The maximum Gasteiger partial charge on any atom is 0.243 e. The Morgan fingerprint density at radius 1 is 1.00 bits per heavy atom. The lowest BCUT2D eigenvalue weighted by atomic mass is 9.91. The summed E-state index contributed by atoms with van der Waals surface area (Å²) in [5.41, 5.74) is 4.05. The van der Waals surface area contributed by atoms with Gasteiger partial charge in [-0.15, -0.1) is 17.9 Å². The lowest BCUT2D eigenvalue weighted by Crippen LogP contribution is -2.38. The lowest BCUT2D eigenvalue weighted by Gasteiger charge is -2.31. The average molecular weight is 560 g/mol. The molecule has 0 N–H and O–H groups in total. The van der Waals surface area contributed by atoms with Crippen molar-refractivity contribution in [3.8, 4) is 17.0 Å². The molecule has 4 aromatic rings. The summed E-state index contributed by atoms with van der Waals surface area (Å²) in [7, 11) is -1.89. The molecule has 0 bridgehead atoms. The molecule has 0 unspecified atom stereocenters. The molecule has 6 nitrogen and oxygen atoms in total. The minimum Gasteiger partial charge on any atom is -0.497 e. The standard InChI is InChI=1S/C31H33N3O3S2/c1-3-19-34-30(23-38-31(34)32-27-11-13-28(37-2)14-12-27)26-9-15-29(16-10-26)39(35,36)33-20-17-25(18-21-33)22-24-7-5-4-6-8-24/h3-16,23,25H,1,17-22H2,2H3. The molecule has 1 saturated heterocycles. The second-order valence-electron chi connectivity index (χ2n) is 9.67. The van der Waals surface area contributed by atoms with E-state index in [2.05, 4.69) is 35.4 Å². The van der Waals surface area contributed by atoms with Crippen LogP contribution in [0.5, 0.6) is 5.75 Å². The highest BCUT2D eigenvalue weighted by atomic mass is 32.2. The van der Waals surface area contributed by atoms with Gasteiger partial charge in [-0.1, -0.05) is 48.5 Å². The number of piperidine rings is 1. The van der Waals surface area contributed by atoms with Crippen LogP contribution in [0.15, 0.2) is 107 Å². The molecule has 202 valence electrons. The number of rotatable bonds is 9. The van der Waals surface area contributed by atoms with E-state index in [-0.39, 0.29) is 0 Å². The fourth-order valence-corrected chi connectivity index (χ4v) is 7.38. The average Bonchev–Trinajstić information content (AvgIpc) is 3.36. The summed E-state index contributed by atoms with van der Waals surface area (Å²) in [5.74, 6) is 1.30. The van der Waals surface area contributed by atoms with Gasteiger partial charge in [0, 0.05) is 25.0 Å². The van der Waals surface area contributed by atoms with Crippen molar-refractivity contribution in [3.05, 3.63) is 107 Å². The molecule has 0 spiro atoms. The maximum absolute atomic E-state index is 13.4. The predicted octanol–water partition coefficient (Wildman–Crippen LogP) is 6.29. The van der Waals surface area contributed by atoms with E-state index in [1.54, 1.807) is 23.5 Å². The number of hydrogen-bond donors (Lipinski definition) is 0. The fraction of sp³-hybridized carbons (Fsp3) is 0.258. The largest absolute Gasteiger partial charge is 0.497 e. The first-order chi connectivity index (χ1) is 19.0. The van der Waals surface area contributed by atoms with E-state index < -0.39 is 10.0 Å². The van der Waals surface area contributed by atoms with Crippen LogP contribution >= 0.6 is 11.3 Å². The van der Waals surface area contributed by atoms with Crippen molar-refractivity contribution in [2.75, 3.05) is 20.2 Å². The van der Waals surface area contributed by atoms with Gasteiger partial charge in [-0.25, -0.2) is 13.4 Å². The molecule has 0 radical (unpaired) electrons. The van der Waals surface area contributed by atoms with Gasteiger partial charge in [-0.2, -0.15) is 4.31 Å². The van der Waals surface area contributed by atoms with Crippen LogP contribution in [-0.4, -0.2) is 37.5 Å². The fourth-order valence-electron chi connectivity index (χ4n) is 4.97. The molecule has 0 saturated carbocycles. The zero-order valence-electron chi connectivity index (χ0n) is 22.1. The third kappa shape index (κ3) is 6.24. The van der Waals surface area contributed by atoms with E-state index in [0.29, 0.717) is 30.4 Å². The first-order valence-corrected chi connectivity index (χ1v) is 15.4. The van der Waals surface area contributed by atoms with Gasteiger partial charge >= 0.3 is 0 Å². The Hall–Kier alpha value is -3.46. The van der Waals surface area contributed by atoms with E-state index in [9.17, 15) is 8.42 Å². The Labute approximate surface area is 234 Å². The molecule has 39 heavy (non-hydrogen) atoms. The Kier molecular flexibility index (Phi) is 8.45. The highest BCUT2D eigenvalue weighted by Crippen LogP contribution is 2.28. The Balaban J connectivity index is 1.32. The molecule has 1 fully saturated rings. The van der Waals surface area contributed by atoms with Crippen molar-refractivity contribution in [3.63, 3.8) is 0 Å². The van der Waals surface area contributed by atoms with E-state index in [0.717, 1.165) is 46.8 Å². The first-order valence-electron chi connectivity index (χ1n) is 13.1. The minimum absolute atomic E-state index is 0.335. The van der Waals surface area contributed by atoms with Gasteiger partial charge in [0.25, 0.3) is 0 Å². The molecule has 8 heteroatoms. The van der Waals surface area contributed by atoms with Gasteiger partial charge in [0.15, 0.2) is 4.80 Å². The van der Waals surface area contributed by atoms with Crippen LogP contribution in [0, 0.1) is 5.92 Å². The summed E-state index contributed by atoms with van der Waals surface area (Å²) >= 11 is 1.54. The third-order valence-corrected chi connectivity index (χ3v) is 9.91. The zero-order valence-corrected chi connectivity index (χ0v) is 23.7. The summed E-state index contributed by atoms with van der Waals surface area (Å²) in [4.78, 5) is 5.98. The molecule has 0 amide bonds. The SMILES string of the molecule is C=CCn1c(-c2ccc(S(=O)(=O)N3CCC(Cc4ccccc4)CC3)cc2)csc1=Nc1ccc(OC)cc1. The van der Waals surface area contributed by atoms with Crippen LogP contribution in [-0.2, 0) is 23.0 Å². The summed E-state index contributed by atoms with van der Waals surface area (Å²) < 4.78 is 35.8. The summed E-state index contributed by atoms with van der Waals surface area (Å²) in [6, 6.07) is 25.2. The number of allylic oxidation sites excluding steroid dienone is 1. The number of thiazole rings is 1. The van der Waals surface area contributed by atoms with Gasteiger partial charge in [0.05, 0.1) is 23.4 Å². The van der Waals surface area contributed by atoms with Crippen molar-refractivity contribution >= 4 is 27.0 Å². The zero-order chi connectivity index (χ0) is 27.2. The third-order valence-electron chi connectivity index (χ3n) is 7.14. The first kappa shape index (κ1) is 27.1. The molecule has 0 aliphatic carbocycles. The molecule has 1 aliphatic heterocycles. The molecule has 1 aliphatic rings. The number of benzene rings is 3. The van der Waals surface area contributed by atoms with Crippen LogP contribution in [0.2, 0.25) is 0 Å². The van der Waals surface area contributed by atoms with E-state index in [1.165, 1.54) is 16.9 Å². The van der Waals surface area contributed by atoms with Crippen LogP contribution in [0.4, 0.5) is 5.69 Å². The second-order valence-corrected chi connectivity index (χ2v) is 12.4. The van der Waals surface area contributed by atoms with Gasteiger partial charge in [0.2, 0.25) is 10.0 Å². The number of hydrogen-bond acceptors (Lipinski definition) is 5. The van der Waals surface area contributed by atoms with Crippen molar-refractivity contribution in [1.82, 2.24) is 8.87 Å². The van der Waals surface area contributed by atoms with Gasteiger partial charge in [-0.3, -0.25) is 0 Å². The van der Waals surface area contributed by atoms with Crippen LogP contribution in [0.1, 0.15) is 18.4 Å². The Morgan fingerprint density at radius 2 is 1.69 bits per heavy atom. The van der Waals surface area contributed by atoms with Gasteiger partial charge < -0.3 is 9.30 Å². The van der Waals surface area contributed by atoms with E-state index in [1.807, 2.05) is 53.9 Å². The van der Waals surface area contributed by atoms with Crippen LogP contribution in [0.25, 0.3) is 11.3 Å². The topological polar surface area (TPSA) is 63.9 Å². The highest BCUT2D eigenvalue weighted by molar-refractivity contribution is 7.89. The monoisotopic (exact) mass is 559 g/mol. The van der Waals surface area contributed by atoms with Gasteiger partial charge in [0.1, 0.15) is 5.75 Å². The normalized spacial score (nSPS) is 15.4. The summed E-state index contributed by atoms with van der Waals surface area (Å²) in [6.45, 7) is 5.61. The molecule has 3 aromatic carbocycles. The van der Waals surface area contributed by atoms with Crippen molar-refractivity contribution in [1.29, 1.82) is 0 Å². The van der Waals surface area contributed by atoms with Crippen molar-refractivity contribution < 1.29 is 13.2 Å². The molecule has 1 aromatic heterocycles. The number of sulfonamides is 1. The van der Waals surface area contributed by atoms with Gasteiger partial charge in [-0.05, 0) is 72.7 Å². The van der Waals surface area contributed by atoms with E-state index in [4.69, 9.17) is 9.73 Å². The van der Waals surface area contributed by atoms with E-state index >= 15 is 0 Å². The highest BCUT2D eigenvalue weighted by Gasteiger charge is 2.29. The summed E-state index contributed by atoms with van der Waals surface area (Å²) in [6.07, 6.45) is 4.59. The van der Waals surface area contributed by atoms with Crippen LogP contribution in [0.3, 0.4) is 0 Å². The number of nitrogens with zero attached hydrogens (tertiary/aromatic N) is 3. The molecular formula is C31H33N3O3S2. The van der Waals surface area contributed by atoms with Crippen molar-refractivity contribution in [2.45, 2.75) is 30.7 Å². The Bertz CT molecular complexity index is 1560. The molecule has 0 atom stereocenters. The molecule has 2 heterocycles. The predicted molar refractivity (Wildman–Crippen MR) is 158 cm³/mol. The second kappa shape index (κ2) is 12.2. The quantitative estimate of drug-likeness (QED) is 0.227. The summed E-state index contributed by atoms with van der Waals surface area (Å²) in [5, 5.41) is 2.05. The number of ether oxygens (including phenoxy) is 1. The molecular weight excluding hydrogens is 526 g/mol. The lowest BCUT2D eigenvalue weighted by molar-refractivity contribution is 0.273. The number of methoxy groups -OCH3 is 1. The minimum atomic E-state index is -3.53. The number of aromatic nitrogens is 1. The molecule has 5 rings (SSSR count).